The summed E-state index contributed by atoms with van der Waals surface area (Å²) in [5.41, 5.74) is -0.801. The molecule has 2 amide bonds. The lowest BCUT2D eigenvalue weighted by atomic mass is 9.65. The molecule has 7 heteroatoms. The van der Waals surface area contributed by atoms with Crippen LogP contribution in [0.5, 0.6) is 0 Å². The van der Waals surface area contributed by atoms with Crippen LogP contribution < -0.4 is 0 Å². The minimum Gasteiger partial charge on any atom is -0.460 e. The van der Waals surface area contributed by atoms with Crippen molar-refractivity contribution in [3.63, 3.8) is 0 Å². The monoisotopic (exact) mass is 418 g/mol. The van der Waals surface area contributed by atoms with Crippen molar-refractivity contribution in [3.05, 3.63) is 35.6 Å². The lowest BCUT2D eigenvalue weighted by molar-refractivity contribution is -0.166. The highest BCUT2D eigenvalue weighted by Crippen LogP contribution is 2.46. The fourth-order valence-electron chi connectivity index (χ4n) is 4.16. The largest absolute Gasteiger partial charge is 0.460 e. The maximum atomic E-state index is 13.3. The number of halogens is 1. The Balaban J connectivity index is 1.62. The van der Waals surface area contributed by atoms with E-state index in [1.807, 2.05) is 20.8 Å². The molecule has 0 bridgehead atoms. The van der Waals surface area contributed by atoms with Gasteiger partial charge in [0.05, 0.1) is 11.8 Å². The van der Waals surface area contributed by atoms with Gasteiger partial charge in [-0.3, -0.25) is 14.4 Å². The molecule has 2 fully saturated rings. The number of esters is 1. The van der Waals surface area contributed by atoms with Crippen molar-refractivity contribution < 1.29 is 23.5 Å². The van der Waals surface area contributed by atoms with Gasteiger partial charge in [-0.25, -0.2) is 4.39 Å². The molecule has 0 unspecified atom stereocenters. The maximum Gasteiger partial charge on any atom is 0.307 e. The van der Waals surface area contributed by atoms with Gasteiger partial charge in [-0.05, 0) is 64.3 Å². The second kappa shape index (κ2) is 8.74. The molecule has 1 aromatic carbocycles. The van der Waals surface area contributed by atoms with Crippen molar-refractivity contribution in [2.24, 2.45) is 5.41 Å². The van der Waals surface area contributed by atoms with Crippen LogP contribution in [0.2, 0.25) is 0 Å². The fourth-order valence-corrected chi connectivity index (χ4v) is 4.16. The van der Waals surface area contributed by atoms with Crippen molar-refractivity contribution in [2.45, 2.75) is 58.5 Å². The summed E-state index contributed by atoms with van der Waals surface area (Å²) >= 11 is 0. The number of amides is 2. The molecule has 1 aliphatic heterocycles. The molecule has 1 aliphatic carbocycles. The Bertz CT molecular complexity index is 796. The molecule has 0 radical (unpaired) electrons. The molecule has 0 N–H and O–H groups in total. The van der Waals surface area contributed by atoms with Crippen molar-refractivity contribution in [1.29, 1.82) is 0 Å². The van der Waals surface area contributed by atoms with Gasteiger partial charge in [-0.1, -0.05) is 6.42 Å². The summed E-state index contributed by atoms with van der Waals surface area (Å²) in [7, 11) is 0. The number of carbonyl (C=O) groups excluding carboxylic acids is 3. The van der Waals surface area contributed by atoms with E-state index >= 15 is 0 Å². The lowest BCUT2D eigenvalue weighted by Gasteiger charge is -2.43. The number of hydrogen-bond donors (Lipinski definition) is 0. The SMILES string of the molecule is CC(C)(C)OC(=O)CC1(C(=O)N2CCCN(C(=O)c3ccc(F)cc3)CC2)CCC1. The number of rotatable bonds is 4. The predicted molar refractivity (Wildman–Crippen MR) is 110 cm³/mol. The summed E-state index contributed by atoms with van der Waals surface area (Å²) in [6.07, 6.45) is 3.09. The predicted octanol–water partition coefficient (Wildman–Crippen LogP) is 3.40. The number of benzene rings is 1. The minimum absolute atomic E-state index is 0.00399. The van der Waals surface area contributed by atoms with Gasteiger partial charge in [0.1, 0.15) is 11.4 Å². The van der Waals surface area contributed by atoms with Gasteiger partial charge in [0.25, 0.3) is 5.91 Å². The zero-order valence-electron chi connectivity index (χ0n) is 18.1. The van der Waals surface area contributed by atoms with Crippen LogP contribution in [0.1, 0.15) is 63.2 Å². The van der Waals surface area contributed by atoms with Gasteiger partial charge in [0.2, 0.25) is 5.91 Å². The third kappa shape index (κ3) is 5.18. The zero-order valence-corrected chi connectivity index (χ0v) is 18.1. The second-order valence-electron chi connectivity index (χ2n) is 9.34. The van der Waals surface area contributed by atoms with E-state index in [9.17, 15) is 18.8 Å². The van der Waals surface area contributed by atoms with Gasteiger partial charge < -0.3 is 14.5 Å². The van der Waals surface area contributed by atoms with Crippen LogP contribution in [-0.2, 0) is 14.3 Å². The van der Waals surface area contributed by atoms with Gasteiger partial charge in [0, 0.05) is 31.7 Å². The topological polar surface area (TPSA) is 66.9 Å². The lowest BCUT2D eigenvalue weighted by Crippen LogP contribution is -2.50. The molecule has 1 aromatic rings. The molecule has 164 valence electrons. The Labute approximate surface area is 177 Å². The first-order chi connectivity index (χ1) is 14.1. The van der Waals surface area contributed by atoms with Crippen molar-refractivity contribution in [2.75, 3.05) is 26.2 Å². The molecule has 3 rings (SSSR count). The minimum atomic E-state index is -0.668. The van der Waals surface area contributed by atoms with Gasteiger partial charge in [-0.2, -0.15) is 0 Å². The highest BCUT2D eigenvalue weighted by atomic mass is 19.1. The van der Waals surface area contributed by atoms with E-state index in [2.05, 4.69) is 0 Å². The van der Waals surface area contributed by atoms with Crippen LogP contribution in [-0.4, -0.2) is 59.4 Å². The van der Waals surface area contributed by atoms with E-state index < -0.39 is 11.0 Å². The molecule has 6 nitrogen and oxygen atoms in total. The Morgan fingerprint density at radius 3 is 2.13 bits per heavy atom. The summed E-state index contributed by atoms with van der Waals surface area (Å²) in [6.45, 7) is 7.42. The van der Waals surface area contributed by atoms with E-state index in [-0.39, 0.29) is 30.0 Å². The molecule has 0 aromatic heterocycles. The first kappa shape index (κ1) is 22.2. The van der Waals surface area contributed by atoms with Gasteiger partial charge >= 0.3 is 5.97 Å². The van der Waals surface area contributed by atoms with Crippen molar-refractivity contribution in [1.82, 2.24) is 9.80 Å². The summed E-state index contributed by atoms with van der Waals surface area (Å²) < 4.78 is 18.6. The zero-order chi connectivity index (χ0) is 21.9. The van der Waals surface area contributed by atoms with E-state index in [0.717, 1.165) is 6.42 Å². The molecular weight excluding hydrogens is 387 g/mol. The number of nitrogens with zero attached hydrogens (tertiary/aromatic N) is 2. The third-order valence-corrected chi connectivity index (χ3v) is 5.83. The van der Waals surface area contributed by atoms with E-state index in [4.69, 9.17) is 4.74 Å². The summed E-state index contributed by atoms with van der Waals surface area (Å²) in [6, 6.07) is 5.52. The van der Waals surface area contributed by atoms with Crippen LogP contribution in [0.25, 0.3) is 0 Å². The van der Waals surface area contributed by atoms with Crippen LogP contribution in [0.15, 0.2) is 24.3 Å². The fraction of sp³-hybridized carbons (Fsp3) is 0.609. The van der Waals surface area contributed by atoms with E-state index in [1.54, 1.807) is 9.80 Å². The summed E-state index contributed by atoms with van der Waals surface area (Å²) in [5.74, 6) is -0.874. The highest BCUT2D eigenvalue weighted by molar-refractivity contribution is 5.94. The number of carbonyl (C=O) groups is 3. The Morgan fingerprint density at radius 2 is 1.57 bits per heavy atom. The van der Waals surface area contributed by atoms with Gasteiger partial charge in [0.15, 0.2) is 0 Å². The van der Waals surface area contributed by atoms with Crippen LogP contribution >= 0.6 is 0 Å². The van der Waals surface area contributed by atoms with Crippen molar-refractivity contribution in [3.8, 4) is 0 Å². The standard InChI is InChI=1S/C23H31FN2O4/c1-22(2,3)30-19(27)16-23(10-4-11-23)21(29)26-13-5-12-25(14-15-26)20(28)17-6-8-18(24)9-7-17/h6-9H,4-5,10-16H2,1-3H3. The van der Waals surface area contributed by atoms with E-state index in [0.29, 0.717) is 51.0 Å². The smallest absolute Gasteiger partial charge is 0.307 e. The van der Waals surface area contributed by atoms with E-state index in [1.165, 1.54) is 24.3 Å². The molecule has 0 atom stereocenters. The van der Waals surface area contributed by atoms with Gasteiger partial charge in [-0.15, -0.1) is 0 Å². The first-order valence-electron chi connectivity index (χ1n) is 10.7. The first-order valence-corrected chi connectivity index (χ1v) is 10.7. The quantitative estimate of drug-likeness (QED) is 0.703. The maximum absolute atomic E-state index is 13.3. The van der Waals surface area contributed by atoms with Crippen LogP contribution in [0.4, 0.5) is 4.39 Å². The normalized spacial score (nSPS) is 18.9. The Hall–Kier alpha value is -2.44. The summed E-state index contributed by atoms with van der Waals surface area (Å²) in [5, 5.41) is 0. The number of ether oxygens (including phenoxy) is 1. The average Bonchev–Trinajstić information content (AvgIpc) is 2.89. The van der Waals surface area contributed by atoms with Crippen molar-refractivity contribution >= 4 is 17.8 Å². The molecule has 1 saturated carbocycles. The molecular formula is C23H31FN2O4. The molecule has 1 saturated heterocycles. The Kier molecular flexibility index (Phi) is 6.48. The molecule has 30 heavy (non-hydrogen) atoms. The molecule has 1 heterocycles. The van der Waals surface area contributed by atoms with Crippen LogP contribution in [0, 0.1) is 11.2 Å². The third-order valence-electron chi connectivity index (χ3n) is 5.83. The number of hydrogen-bond acceptors (Lipinski definition) is 4. The highest BCUT2D eigenvalue weighted by Gasteiger charge is 2.48. The second-order valence-corrected chi connectivity index (χ2v) is 9.34. The molecule has 0 spiro atoms. The molecule has 2 aliphatic rings. The van der Waals surface area contributed by atoms with Crippen LogP contribution in [0.3, 0.4) is 0 Å². The Morgan fingerprint density at radius 1 is 0.967 bits per heavy atom. The summed E-state index contributed by atoms with van der Waals surface area (Å²) in [4.78, 5) is 41.9. The average molecular weight is 419 g/mol.